The van der Waals surface area contributed by atoms with E-state index in [4.69, 9.17) is 21.1 Å². The van der Waals surface area contributed by atoms with Crippen LogP contribution >= 0.6 is 11.6 Å². The second kappa shape index (κ2) is 9.34. The van der Waals surface area contributed by atoms with Crippen molar-refractivity contribution < 1.29 is 19.2 Å². The molecule has 0 spiro atoms. The van der Waals surface area contributed by atoms with Crippen LogP contribution in [0.1, 0.15) is 16.8 Å². The molecule has 0 aliphatic rings. The standard InChI is InChI=1S/C14H19ClN2O5/c1-21-8-3-6-16(7-9-22-2)14(18)12-10-11(17(19)20)4-5-13(12)15/h4-5,10H,3,6-9H2,1-2H3. The van der Waals surface area contributed by atoms with Crippen LogP contribution in [0.3, 0.4) is 0 Å². The number of carbonyl (C=O) groups is 1. The van der Waals surface area contributed by atoms with Crippen LogP contribution < -0.4 is 0 Å². The molecular formula is C14H19ClN2O5. The molecule has 0 heterocycles. The lowest BCUT2D eigenvalue weighted by Gasteiger charge is -2.22. The second-order valence-corrected chi connectivity index (χ2v) is 4.96. The number of nitro benzene ring substituents is 1. The van der Waals surface area contributed by atoms with E-state index in [0.29, 0.717) is 32.7 Å². The summed E-state index contributed by atoms with van der Waals surface area (Å²) in [4.78, 5) is 24.4. The topological polar surface area (TPSA) is 81.9 Å². The van der Waals surface area contributed by atoms with Crippen LogP contribution in [-0.4, -0.2) is 56.3 Å². The number of rotatable bonds is 9. The Kier molecular flexibility index (Phi) is 7.79. The van der Waals surface area contributed by atoms with Gasteiger partial charge in [0, 0.05) is 46.0 Å². The average Bonchev–Trinajstić information content (AvgIpc) is 2.50. The summed E-state index contributed by atoms with van der Waals surface area (Å²) in [6.45, 7) is 1.71. The third-order valence-electron chi connectivity index (χ3n) is 3.02. The maximum Gasteiger partial charge on any atom is 0.270 e. The quantitative estimate of drug-likeness (QED) is 0.394. The van der Waals surface area contributed by atoms with Crippen molar-refractivity contribution in [2.75, 3.05) is 40.5 Å². The number of methoxy groups -OCH3 is 2. The smallest absolute Gasteiger partial charge is 0.270 e. The molecule has 0 aliphatic carbocycles. The van der Waals surface area contributed by atoms with E-state index in [9.17, 15) is 14.9 Å². The molecular weight excluding hydrogens is 312 g/mol. The van der Waals surface area contributed by atoms with Crippen LogP contribution in [0.4, 0.5) is 5.69 Å². The van der Waals surface area contributed by atoms with E-state index >= 15 is 0 Å². The molecule has 0 fully saturated rings. The Morgan fingerprint density at radius 2 is 1.95 bits per heavy atom. The van der Waals surface area contributed by atoms with Gasteiger partial charge in [-0.2, -0.15) is 0 Å². The summed E-state index contributed by atoms with van der Waals surface area (Å²) in [6, 6.07) is 3.82. The highest BCUT2D eigenvalue weighted by Crippen LogP contribution is 2.23. The summed E-state index contributed by atoms with van der Waals surface area (Å²) in [6.07, 6.45) is 0.651. The summed E-state index contributed by atoms with van der Waals surface area (Å²) in [5, 5.41) is 11.0. The van der Waals surface area contributed by atoms with Gasteiger partial charge in [-0.25, -0.2) is 0 Å². The van der Waals surface area contributed by atoms with Crippen molar-refractivity contribution in [3.8, 4) is 0 Å². The minimum Gasteiger partial charge on any atom is -0.385 e. The van der Waals surface area contributed by atoms with Crippen LogP contribution in [0.15, 0.2) is 18.2 Å². The van der Waals surface area contributed by atoms with Crippen LogP contribution in [0.2, 0.25) is 5.02 Å². The molecule has 0 saturated carbocycles. The van der Waals surface area contributed by atoms with E-state index in [-0.39, 0.29) is 22.2 Å². The summed E-state index contributed by atoms with van der Waals surface area (Å²) >= 11 is 6.01. The molecule has 8 heteroatoms. The van der Waals surface area contributed by atoms with Gasteiger partial charge in [-0.3, -0.25) is 14.9 Å². The van der Waals surface area contributed by atoms with E-state index in [0.717, 1.165) is 0 Å². The van der Waals surface area contributed by atoms with Gasteiger partial charge in [-0.1, -0.05) is 11.6 Å². The third kappa shape index (κ3) is 5.25. The van der Waals surface area contributed by atoms with E-state index in [1.807, 2.05) is 0 Å². The zero-order chi connectivity index (χ0) is 16.5. The van der Waals surface area contributed by atoms with Gasteiger partial charge in [0.2, 0.25) is 0 Å². The van der Waals surface area contributed by atoms with Crippen molar-refractivity contribution in [3.05, 3.63) is 38.9 Å². The van der Waals surface area contributed by atoms with Gasteiger partial charge in [-0.05, 0) is 12.5 Å². The first kappa shape index (κ1) is 18.3. The molecule has 0 bridgehead atoms. The number of ether oxygens (including phenoxy) is 2. The lowest BCUT2D eigenvalue weighted by atomic mass is 10.1. The maximum atomic E-state index is 12.6. The van der Waals surface area contributed by atoms with Crippen molar-refractivity contribution in [1.29, 1.82) is 0 Å². The summed E-state index contributed by atoms with van der Waals surface area (Å²) in [5.74, 6) is -0.359. The zero-order valence-electron chi connectivity index (χ0n) is 12.6. The van der Waals surface area contributed by atoms with Gasteiger partial charge < -0.3 is 14.4 Å². The van der Waals surface area contributed by atoms with E-state index in [2.05, 4.69) is 0 Å². The van der Waals surface area contributed by atoms with E-state index in [1.165, 1.54) is 25.3 Å². The Balaban J connectivity index is 2.95. The molecule has 1 amide bonds. The maximum absolute atomic E-state index is 12.6. The summed E-state index contributed by atoms with van der Waals surface area (Å²) in [5.41, 5.74) is -0.0549. The predicted molar refractivity (Wildman–Crippen MR) is 82.4 cm³/mol. The molecule has 0 aromatic heterocycles. The van der Waals surface area contributed by atoms with Crippen molar-refractivity contribution in [1.82, 2.24) is 4.90 Å². The number of carbonyl (C=O) groups excluding carboxylic acids is 1. The van der Waals surface area contributed by atoms with Crippen LogP contribution in [0.25, 0.3) is 0 Å². The minimum absolute atomic E-state index is 0.115. The molecule has 1 aromatic rings. The number of nitro groups is 1. The zero-order valence-corrected chi connectivity index (χ0v) is 13.3. The van der Waals surface area contributed by atoms with E-state index in [1.54, 1.807) is 12.0 Å². The first-order valence-electron chi connectivity index (χ1n) is 6.72. The van der Waals surface area contributed by atoms with Gasteiger partial charge in [0.05, 0.1) is 22.1 Å². The molecule has 122 valence electrons. The SMILES string of the molecule is COCCCN(CCOC)C(=O)c1cc([N+](=O)[O-])ccc1Cl. The largest absolute Gasteiger partial charge is 0.385 e. The van der Waals surface area contributed by atoms with E-state index < -0.39 is 4.92 Å². The highest BCUT2D eigenvalue weighted by atomic mass is 35.5. The Labute approximate surface area is 133 Å². The lowest BCUT2D eigenvalue weighted by molar-refractivity contribution is -0.384. The second-order valence-electron chi connectivity index (χ2n) is 4.55. The van der Waals surface area contributed by atoms with Gasteiger partial charge in [-0.15, -0.1) is 0 Å². The third-order valence-corrected chi connectivity index (χ3v) is 3.35. The molecule has 0 radical (unpaired) electrons. The average molecular weight is 331 g/mol. The highest BCUT2D eigenvalue weighted by molar-refractivity contribution is 6.33. The number of amides is 1. The van der Waals surface area contributed by atoms with Gasteiger partial charge in [0.1, 0.15) is 0 Å². The lowest BCUT2D eigenvalue weighted by Crippen LogP contribution is -2.35. The van der Waals surface area contributed by atoms with Crippen molar-refractivity contribution in [2.24, 2.45) is 0 Å². The molecule has 1 aromatic carbocycles. The Bertz CT molecular complexity index is 524. The molecule has 22 heavy (non-hydrogen) atoms. The number of nitrogens with zero attached hydrogens (tertiary/aromatic N) is 2. The number of halogens is 1. The van der Waals surface area contributed by atoms with Gasteiger partial charge >= 0.3 is 0 Å². The van der Waals surface area contributed by atoms with Crippen LogP contribution in [0, 0.1) is 10.1 Å². The van der Waals surface area contributed by atoms with Crippen LogP contribution in [0.5, 0.6) is 0 Å². The summed E-state index contributed by atoms with van der Waals surface area (Å²) in [7, 11) is 3.12. The number of benzene rings is 1. The number of hydrogen-bond donors (Lipinski definition) is 0. The number of hydrogen-bond acceptors (Lipinski definition) is 5. The Morgan fingerprint density at radius 1 is 1.27 bits per heavy atom. The number of non-ortho nitro benzene ring substituents is 1. The van der Waals surface area contributed by atoms with Gasteiger partial charge in [0.25, 0.3) is 11.6 Å². The molecule has 0 N–H and O–H groups in total. The first-order valence-corrected chi connectivity index (χ1v) is 7.10. The fraction of sp³-hybridized carbons (Fsp3) is 0.500. The highest BCUT2D eigenvalue weighted by Gasteiger charge is 2.21. The van der Waals surface area contributed by atoms with Crippen molar-refractivity contribution >= 4 is 23.2 Å². The Morgan fingerprint density at radius 3 is 2.55 bits per heavy atom. The monoisotopic (exact) mass is 330 g/mol. The van der Waals surface area contributed by atoms with Crippen molar-refractivity contribution in [3.63, 3.8) is 0 Å². The predicted octanol–water partition coefficient (Wildman–Crippen LogP) is 2.37. The van der Waals surface area contributed by atoms with Crippen molar-refractivity contribution in [2.45, 2.75) is 6.42 Å². The Hall–Kier alpha value is -1.70. The molecule has 0 aliphatic heterocycles. The molecule has 0 saturated heterocycles. The molecule has 0 atom stereocenters. The molecule has 1 rings (SSSR count). The minimum atomic E-state index is -0.558. The fourth-order valence-electron chi connectivity index (χ4n) is 1.88. The van der Waals surface area contributed by atoms with Gasteiger partial charge in [0.15, 0.2) is 0 Å². The summed E-state index contributed by atoms with van der Waals surface area (Å²) < 4.78 is 9.96. The molecule has 0 unspecified atom stereocenters. The normalized spacial score (nSPS) is 10.5. The molecule has 7 nitrogen and oxygen atoms in total. The fourth-order valence-corrected chi connectivity index (χ4v) is 2.08. The first-order chi connectivity index (χ1) is 10.5. The van der Waals surface area contributed by atoms with Crippen LogP contribution in [-0.2, 0) is 9.47 Å².